The van der Waals surface area contributed by atoms with Gasteiger partial charge in [0.25, 0.3) is 11.8 Å². The Hall–Kier alpha value is -1.89. The molecule has 120 valence electrons. The first kappa shape index (κ1) is 17.5. The number of hydrazone groups is 1. The lowest BCUT2D eigenvalue weighted by Gasteiger charge is -2.07. The molecule has 0 spiro atoms. The van der Waals surface area contributed by atoms with E-state index in [1.807, 2.05) is 0 Å². The highest BCUT2D eigenvalue weighted by Gasteiger charge is 2.17. The van der Waals surface area contributed by atoms with Crippen molar-refractivity contribution < 1.29 is 9.59 Å². The molecular weight excluding hydrogens is 357 g/mol. The highest BCUT2D eigenvalue weighted by atomic mass is 35.5. The highest BCUT2D eigenvalue weighted by Crippen LogP contribution is 2.26. The SMILES string of the molecule is CC(C)=NNC(=O)c1ccsc1NC(=O)c1ccc(Cl)cc1Cl. The lowest BCUT2D eigenvalue weighted by Crippen LogP contribution is -2.20. The molecule has 0 unspecified atom stereocenters. The fourth-order valence-corrected chi connectivity index (χ4v) is 2.93. The molecule has 0 atom stereocenters. The summed E-state index contributed by atoms with van der Waals surface area (Å²) in [6.45, 7) is 3.53. The van der Waals surface area contributed by atoms with Crippen LogP contribution in [-0.4, -0.2) is 17.5 Å². The van der Waals surface area contributed by atoms with E-state index in [4.69, 9.17) is 23.2 Å². The first-order valence-corrected chi connectivity index (χ1v) is 8.17. The largest absolute Gasteiger partial charge is 0.313 e. The van der Waals surface area contributed by atoms with Crippen LogP contribution in [0.15, 0.2) is 34.7 Å². The average molecular weight is 370 g/mol. The summed E-state index contributed by atoms with van der Waals surface area (Å²) in [5, 5.41) is 9.34. The van der Waals surface area contributed by atoms with Gasteiger partial charge in [-0.05, 0) is 43.5 Å². The van der Waals surface area contributed by atoms with Crippen molar-refractivity contribution in [2.24, 2.45) is 5.10 Å². The Morgan fingerprint density at radius 1 is 1.09 bits per heavy atom. The molecule has 0 bridgehead atoms. The normalized spacial score (nSPS) is 10.1. The van der Waals surface area contributed by atoms with Gasteiger partial charge >= 0.3 is 0 Å². The first-order valence-electron chi connectivity index (χ1n) is 6.53. The van der Waals surface area contributed by atoms with Gasteiger partial charge in [0.1, 0.15) is 5.00 Å². The number of hydrogen-bond donors (Lipinski definition) is 2. The third-order valence-electron chi connectivity index (χ3n) is 2.69. The molecule has 0 aliphatic heterocycles. The van der Waals surface area contributed by atoms with Crippen LogP contribution in [0.4, 0.5) is 5.00 Å². The van der Waals surface area contributed by atoms with Crippen molar-refractivity contribution in [2.75, 3.05) is 5.32 Å². The summed E-state index contributed by atoms with van der Waals surface area (Å²) in [6, 6.07) is 6.19. The zero-order chi connectivity index (χ0) is 17.0. The van der Waals surface area contributed by atoms with Crippen LogP contribution >= 0.6 is 34.5 Å². The Balaban J connectivity index is 2.18. The molecule has 5 nitrogen and oxygen atoms in total. The van der Waals surface area contributed by atoms with Gasteiger partial charge in [0.15, 0.2) is 0 Å². The number of hydrogen-bond acceptors (Lipinski definition) is 4. The molecule has 0 aliphatic rings. The smallest absolute Gasteiger partial charge is 0.274 e. The molecule has 23 heavy (non-hydrogen) atoms. The summed E-state index contributed by atoms with van der Waals surface area (Å²) in [7, 11) is 0. The summed E-state index contributed by atoms with van der Waals surface area (Å²) >= 11 is 13.1. The summed E-state index contributed by atoms with van der Waals surface area (Å²) in [5.41, 5.74) is 3.74. The predicted molar refractivity (Wildman–Crippen MR) is 95.0 cm³/mol. The molecule has 2 aromatic rings. The Morgan fingerprint density at radius 2 is 1.83 bits per heavy atom. The van der Waals surface area contributed by atoms with Gasteiger partial charge in [0, 0.05) is 10.7 Å². The van der Waals surface area contributed by atoms with Crippen molar-refractivity contribution in [1.29, 1.82) is 0 Å². The third-order valence-corrected chi connectivity index (χ3v) is 4.07. The van der Waals surface area contributed by atoms with Gasteiger partial charge in [0.2, 0.25) is 0 Å². The van der Waals surface area contributed by atoms with E-state index in [9.17, 15) is 9.59 Å². The molecule has 0 aliphatic carbocycles. The molecule has 0 saturated heterocycles. The van der Waals surface area contributed by atoms with Gasteiger partial charge in [-0.1, -0.05) is 23.2 Å². The van der Waals surface area contributed by atoms with Crippen LogP contribution in [0.3, 0.4) is 0 Å². The van der Waals surface area contributed by atoms with Crippen LogP contribution in [0.5, 0.6) is 0 Å². The van der Waals surface area contributed by atoms with Gasteiger partial charge in [-0.2, -0.15) is 5.10 Å². The summed E-state index contributed by atoms with van der Waals surface area (Å²) in [4.78, 5) is 24.3. The number of nitrogens with zero attached hydrogens (tertiary/aromatic N) is 1. The minimum Gasteiger partial charge on any atom is -0.313 e. The molecular formula is C15H13Cl2N3O2S. The number of amides is 2. The number of thiophene rings is 1. The highest BCUT2D eigenvalue weighted by molar-refractivity contribution is 7.14. The summed E-state index contributed by atoms with van der Waals surface area (Å²) in [5.74, 6) is -0.816. The number of carbonyl (C=O) groups excluding carboxylic acids is 2. The second-order valence-electron chi connectivity index (χ2n) is 4.74. The molecule has 1 heterocycles. The van der Waals surface area contributed by atoms with Gasteiger partial charge in [-0.3, -0.25) is 9.59 Å². The van der Waals surface area contributed by atoms with E-state index in [-0.39, 0.29) is 10.6 Å². The number of anilines is 1. The number of carbonyl (C=O) groups is 2. The molecule has 8 heteroatoms. The van der Waals surface area contributed by atoms with Crippen molar-refractivity contribution in [1.82, 2.24) is 5.43 Å². The van der Waals surface area contributed by atoms with Crippen molar-refractivity contribution in [3.8, 4) is 0 Å². The van der Waals surface area contributed by atoms with E-state index in [0.717, 1.165) is 0 Å². The Labute approximate surface area is 147 Å². The molecule has 0 saturated carbocycles. The Kier molecular flexibility index (Phi) is 5.76. The zero-order valence-electron chi connectivity index (χ0n) is 12.3. The monoisotopic (exact) mass is 369 g/mol. The van der Waals surface area contributed by atoms with Crippen LogP contribution in [-0.2, 0) is 0 Å². The van der Waals surface area contributed by atoms with E-state index in [2.05, 4.69) is 15.8 Å². The quantitative estimate of drug-likeness (QED) is 0.617. The number of rotatable bonds is 4. The molecule has 2 N–H and O–H groups in total. The van der Waals surface area contributed by atoms with Crippen molar-refractivity contribution in [3.63, 3.8) is 0 Å². The third kappa shape index (κ3) is 4.54. The molecule has 2 amide bonds. The van der Waals surface area contributed by atoms with Gasteiger partial charge in [-0.25, -0.2) is 5.43 Å². The minimum atomic E-state index is -0.418. The summed E-state index contributed by atoms with van der Waals surface area (Å²) in [6.07, 6.45) is 0. The lowest BCUT2D eigenvalue weighted by molar-refractivity contribution is 0.0956. The summed E-state index contributed by atoms with van der Waals surface area (Å²) < 4.78 is 0. The van der Waals surface area contributed by atoms with Crippen LogP contribution in [0.25, 0.3) is 0 Å². The van der Waals surface area contributed by atoms with Crippen molar-refractivity contribution in [2.45, 2.75) is 13.8 Å². The topological polar surface area (TPSA) is 70.6 Å². The Bertz CT molecular complexity index is 783. The standard InChI is InChI=1S/C15H13Cl2N3O2S/c1-8(2)19-20-14(22)11-5-6-23-15(11)18-13(21)10-4-3-9(16)7-12(10)17/h3-7H,1-2H3,(H,18,21)(H,20,22). The number of benzene rings is 1. The number of nitrogens with one attached hydrogen (secondary N) is 2. The minimum absolute atomic E-state index is 0.240. The molecule has 0 radical (unpaired) electrons. The van der Waals surface area contributed by atoms with Crippen molar-refractivity contribution in [3.05, 3.63) is 50.8 Å². The average Bonchev–Trinajstić information content (AvgIpc) is 2.92. The fourth-order valence-electron chi connectivity index (χ4n) is 1.65. The molecule has 0 fully saturated rings. The van der Waals surface area contributed by atoms with Gasteiger partial charge in [-0.15, -0.1) is 11.3 Å². The lowest BCUT2D eigenvalue weighted by atomic mass is 10.2. The predicted octanol–water partition coefficient (Wildman–Crippen LogP) is 4.43. The van der Waals surface area contributed by atoms with Crippen LogP contribution < -0.4 is 10.7 Å². The number of halogens is 2. The van der Waals surface area contributed by atoms with Crippen LogP contribution in [0.2, 0.25) is 10.0 Å². The van der Waals surface area contributed by atoms with E-state index in [1.54, 1.807) is 31.4 Å². The Morgan fingerprint density at radius 3 is 2.48 bits per heavy atom. The van der Waals surface area contributed by atoms with Crippen LogP contribution in [0, 0.1) is 0 Å². The maximum Gasteiger partial charge on any atom is 0.274 e. The van der Waals surface area contributed by atoms with E-state index >= 15 is 0 Å². The van der Waals surface area contributed by atoms with E-state index in [0.29, 0.717) is 21.3 Å². The second-order valence-corrected chi connectivity index (χ2v) is 6.50. The van der Waals surface area contributed by atoms with Crippen LogP contribution in [0.1, 0.15) is 34.6 Å². The maximum absolute atomic E-state index is 12.3. The zero-order valence-corrected chi connectivity index (χ0v) is 14.6. The van der Waals surface area contributed by atoms with Gasteiger partial charge < -0.3 is 5.32 Å². The van der Waals surface area contributed by atoms with Crippen molar-refractivity contribution >= 4 is 57.1 Å². The first-order chi connectivity index (χ1) is 10.9. The van der Waals surface area contributed by atoms with Gasteiger partial charge in [0.05, 0.1) is 16.1 Å². The molecule has 2 rings (SSSR count). The van der Waals surface area contributed by atoms with E-state index in [1.165, 1.54) is 23.5 Å². The molecule has 1 aromatic carbocycles. The second kappa shape index (κ2) is 7.59. The fraction of sp³-hybridized carbons (Fsp3) is 0.133. The molecule has 1 aromatic heterocycles. The van der Waals surface area contributed by atoms with E-state index < -0.39 is 11.8 Å². The maximum atomic E-state index is 12.3.